The van der Waals surface area contributed by atoms with Crippen LogP contribution in [0.5, 0.6) is 17.2 Å². The fourth-order valence-electron chi connectivity index (χ4n) is 2.99. The molecular weight excluding hydrogens is 416 g/mol. The maximum Gasteiger partial charge on any atom is 0.258 e. The highest BCUT2D eigenvalue weighted by molar-refractivity contribution is 6.32. The van der Waals surface area contributed by atoms with E-state index in [9.17, 15) is 4.79 Å². The van der Waals surface area contributed by atoms with Crippen molar-refractivity contribution in [2.24, 2.45) is 0 Å². The number of hydrogen-bond acceptors (Lipinski definition) is 5. The summed E-state index contributed by atoms with van der Waals surface area (Å²) in [6.45, 7) is -0.228. The molecular formula is C24H21ClN2O4. The quantitative estimate of drug-likeness (QED) is 0.561. The van der Waals surface area contributed by atoms with E-state index in [2.05, 4.69) is 5.32 Å². The summed E-state index contributed by atoms with van der Waals surface area (Å²) in [6.07, 6.45) is 0. The predicted octanol–water partition coefficient (Wildman–Crippen LogP) is 4.51. The van der Waals surface area contributed by atoms with E-state index >= 15 is 0 Å². The molecule has 0 fully saturated rings. The van der Waals surface area contributed by atoms with Crippen LogP contribution < -0.4 is 19.5 Å². The molecule has 0 aliphatic rings. The molecule has 7 heteroatoms. The van der Waals surface area contributed by atoms with Crippen molar-refractivity contribution in [3.05, 3.63) is 88.4 Å². The average molecular weight is 437 g/mol. The standard InChI is InChI=1S/C24H21ClN2O4/c1-29-19-8-4-17(5-9-19)24(18-6-10-20(30-2)11-7-18)27-23(28)15-31-22-12-3-16(14-26)13-21(22)25/h3-13,24H,15H2,1-2H3,(H,27,28). The van der Waals surface area contributed by atoms with Crippen molar-refractivity contribution in [3.8, 4) is 23.3 Å². The number of halogens is 1. The third-order valence-electron chi connectivity index (χ3n) is 4.62. The Bertz CT molecular complexity index is 1030. The number of carbonyl (C=O) groups is 1. The van der Waals surface area contributed by atoms with E-state index in [1.807, 2.05) is 54.6 Å². The number of nitrogens with zero attached hydrogens (tertiary/aromatic N) is 1. The largest absolute Gasteiger partial charge is 0.497 e. The number of benzene rings is 3. The van der Waals surface area contributed by atoms with Crippen molar-refractivity contribution in [1.82, 2.24) is 5.32 Å². The van der Waals surface area contributed by atoms with Gasteiger partial charge in [0.1, 0.15) is 17.2 Å². The SMILES string of the molecule is COc1ccc(C(NC(=O)COc2ccc(C#N)cc2Cl)c2ccc(OC)cc2)cc1. The van der Waals surface area contributed by atoms with Gasteiger partial charge in [-0.05, 0) is 53.6 Å². The minimum atomic E-state index is -0.399. The third kappa shape index (κ3) is 5.68. The van der Waals surface area contributed by atoms with Gasteiger partial charge in [-0.25, -0.2) is 0 Å². The second-order valence-corrected chi connectivity index (χ2v) is 7.00. The van der Waals surface area contributed by atoms with Gasteiger partial charge in [0, 0.05) is 0 Å². The van der Waals surface area contributed by atoms with Crippen molar-refractivity contribution in [2.45, 2.75) is 6.04 Å². The van der Waals surface area contributed by atoms with Gasteiger partial charge in [-0.3, -0.25) is 4.79 Å². The van der Waals surface area contributed by atoms with Crippen LogP contribution in [0.3, 0.4) is 0 Å². The van der Waals surface area contributed by atoms with Gasteiger partial charge in [-0.1, -0.05) is 35.9 Å². The van der Waals surface area contributed by atoms with Crippen molar-refractivity contribution in [2.75, 3.05) is 20.8 Å². The molecule has 0 radical (unpaired) electrons. The summed E-state index contributed by atoms with van der Waals surface area (Å²) in [5.74, 6) is 1.46. The number of amides is 1. The van der Waals surface area contributed by atoms with E-state index in [0.29, 0.717) is 11.3 Å². The normalized spacial score (nSPS) is 10.3. The Morgan fingerprint density at radius 1 is 0.968 bits per heavy atom. The minimum absolute atomic E-state index is 0.228. The lowest BCUT2D eigenvalue weighted by molar-refractivity contribution is -0.123. The molecule has 0 aliphatic carbocycles. The van der Waals surface area contributed by atoms with Gasteiger partial charge in [0.05, 0.1) is 36.9 Å². The molecule has 0 saturated carbocycles. The summed E-state index contributed by atoms with van der Waals surface area (Å²) < 4.78 is 16.0. The molecule has 158 valence electrons. The minimum Gasteiger partial charge on any atom is -0.497 e. The number of nitrogens with one attached hydrogen (secondary N) is 1. The van der Waals surface area contributed by atoms with Crippen molar-refractivity contribution in [3.63, 3.8) is 0 Å². The molecule has 31 heavy (non-hydrogen) atoms. The number of methoxy groups -OCH3 is 2. The lowest BCUT2D eigenvalue weighted by Crippen LogP contribution is -2.33. The number of ether oxygens (including phenoxy) is 3. The van der Waals surface area contributed by atoms with E-state index in [0.717, 1.165) is 22.6 Å². The molecule has 0 aromatic heterocycles. The number of nitriles is 1. The second-order valence-electron chi connectivity index (χ2n) is 6.59. The number of rotatable bonds is 8. The molecule has 0 heterocycles. The maximum atomic E-state index is 12.7. The van der Waals surface area contributed by atoms with E-state index < -0.39 is 6.04 Å². The summed E-state index contributed by atoms with van der Waals surface area (Å²) in [4.78, 5) is 12.7. The zero-order valence-electron chi connectivity index (χ0n) is 17.1. The number of hydrogen-bond donors (Lipinski definition) is 1. The van der Waals surface area contributed by atoms with Gasteiger partial charge in [0.25, 0.3) is 5.91 Å². The van der Waals surface area contributed by atoms with Crippen LogP contribution in [0.25, 0.3) is 0 Å². The molecule has 3 rings (SSSR count). The Balaban J connectivity index is 1.76. The predicted molar refractivity (Wildman–Crippen MR) is 118 cm³/mol. The first-order chi connectivity index (χ1) is 15.0. The molecule has 0 atom stereocenters. The average Bonchev–Trinajstić information content (AvgIpc) is 2.82. The van der Waals surface area contributed by atoms with Crippen LogP contribution in [-0.2, 0) is 4.79 Å². The monoisotopic (exact) mass is 436 g/mol. The Kier molecular flexibility index (Phi) is 7.36. The highest BCUT2D eigenvalue weighted by atomic mass is 35.5. The zero-order chi connectivity index (χ0) is 22.2. The van der Waals surface area contributed by atoms with E-state index in [4.69, 9.17) is 31.1 Å². The van der Waals surface area contributed by atoms with Crippen LogP contribution in [-0.4, -0.2) is 26.7 Å². The van der Waals surface area contributed by atoms with Crippen LogP contribution in [0.15, 0.2) is 66.7 Å². The van der Waals surface area contributed by atoms with Gasteiger partial charge in [-0.2, -0.15) is 5.26 Å². The van der Waals surface area contributed by atoms with Gasteiger partial charge in [0.2, 0.25) is 0 Å². The lowest BCUT2D eigenvalue weighted by atomic mass is 9.98. The summed E-state index contributed by atoms with van der Waals surface area (Å²) >= 11 is 6.11. The molecule has 3 aromatic rings. The Labute approximate surface area is 185 Å². The highest BCUT2D eigenvalue weighted by Gasteiger charge is 2.18. The molecule has 0 saturated heterocycles. The molecule has 6 nitrogen and oxygen atoms in total. The number of carbonyl (C=O) groups excluding carboxylic acids is 1. The van der Waals surface area contributed by atoms with Gasteiger partial charge < -0.3 is 19.5 Å². The maximum absolute atomic E-state index is 12.7. The fraction of sp³-hybridized carbons (Fsp3) is 0.167. The molecule has 1 N–H and O–H groups in total. The van der Waals surface area contributed by atoms with Gasteiger partial charge in [0.15, 0.2) is 6.61 Å². The molecule has 0 spiro atoms. The molecule has 1 amide bonds. The van der Waals surface area contributed by atoms with Gasteiger partial charge in [-0.15, -0.1) is 0 Å². The van der Waals surface area contributed by atoms with Crippen molar-refractivity contribution in [1.29, 1.82) is 5.26 Å². The Morgan fingerprint density at radius 2 is 1.52 bits per heavy atom. The van der Waals surface area contributed by atoms with Gasteiger partial charge >= 0.3 is 0 Å². The van der Waals surface area contributed by atoms with E-state index in [-0.39, 0.29) is 17.5 Å². The highest BCUT2D eigenvalue weighted by Crippen LogP contribution is 2.27. The van der Waals surface area contributed by atoms with E-state index in [1.54, 1.807) is 26.4 Å². The first-order valence-corrected chi connectivity index (χ1v) is 9.81. The summed E-state index contributed by atoms with van der Waals surface area (Å²) in [5, 5.41) is 12.2. The molecule has 0 aliphatic heterocycles. The molecule has 0 unspecified atom stereocenters. The smallest absolute Gasteiger partial charge is 0.258 e. The first-order valence-electron chi connectivity index (χ1n) is 9.43. The van der Waals surface area contributed by atoms with Crippen LogP contribution in [0.4, 0.5) is 0 Å². The third-order valence-corrected chi connectivity index (χ3v) is 4.92. The van der Waals surface area contributed by atoms with Crippen LogP contribution in [0, 0.1) is 11.3 Å². The van der Waals surface area contributed by atoms with Crippen molar-refractivity contribution >= 4 is 17.5 Å². The molecule has 0 bridgehead atoms. The lowest BCUT2D eigenvalue weighted by Gasteiger charge is -2.21. The van der Waals surface area contributed by atoms with Crippen LogP contribution in [0.1, 0.15) is 22.7 Å². The Morgan fingerprint density at radius 3 is 1.97 bits per heavy atom. The summed E-state index contributed by atoms with van der Waals surface area (Å²) in [6, 6.07) is 21.2. The zero-order valence-corrected chi connectivity index (χ0v) is 17.8. The fourth-order valence-corrected chi connectivity index (χ4v) is 3.22. The van der Waals surface area contributed by atoms with Crippen molar-refractivity contribution < 1.29 is 19.0 Å². The Hall–Kier alpha value is -3.69. The van der Waals surface area contributed by atoms with E-state index in [1.165, 1.54) is 6.07 Å². The van der Waals surface area contributed by atoms with Crippen LogP contribution in [0.2, 0.25) is 5.02 Å². The molecule has 3 aromatic carbocycles. The van der Waals surface area contributed by atoms with Crippen LogP contribution >= 0.6 is 11.6 Å². The summed E-state index contributed by atoms with van der Waals surface area (Å²) in [5.41, 5.74) is 2.19. The topological polar surface area (TPSA) is 80.6 Å². The first kappa shape index (κ1) is 22.0. The summed E-state index contributed by atoms with van der Waals surface area (Å²) in [7, 11) is 3.20. The second kappa shape index (κ2) is 10.4.